The Hall–Kier alpha value is -2.34. The van der Waals surface area contributed by atoms with Gasteiger partial charge in [0, 0.05) is 32.1 Å². The summed E-state index contributed by atoms with van der Waals surface area (Å²) in [6, 6.07) is 10.2. The van der Waals surface area contributed by atoms with E-state index in [1.54, 1.807) is 6.20 Å². The number of nitrogens with one attached hydrogen (secondary N) is 2. The lowest BCUT2D eigenvalue weighted by molar-refractivity contribution is 0.0258. The molecule has 0 radical (unpaired) electrons. The standard InChI is InChI=1S/C21H33N5O/c1-5-22-21(23-14-12-20(17(3)4)27-6-2)24-16-18-8-10-19(11-9-18)26-15-7-13-25-26/h7-11,13,15,17,20H,5-6,12,14,16H2,1-4H3,(H2,22,23,24). The number of rotatable bonds is 10. The number of nitrogens with zero attached hydrogens (tertiary/aromatic N) is 3. The van der Waals surface area contributed by atoms with E-state index in [-0.39, 0.29) is 6.10 Å². The van der Waals surface area contributed by atoms with Gasteiger partial charge in [0.2, 0.25) is 0 Å². The van der Waals surface area contributed by atoms with Gasteiger partial charge < -0.3 is 15.4 Å². The molecule has 148 valence electrons. The topological polar surface area (TPSA) is 63.5 Å². The summed E-state index contributed by atoms with van der Waals surface area (Å²) in [6.45, 7) is 11.6. The fourth-order valence-electron chi connectivity index (χ4n) is 2.84. The van der Waals surface area contributed by atoms with E-state index < -0.39 is 0 Å². The quantitative estimate of drug-likeness (QED) is 0.496. The number of aliphatic imine (C=N–C) groups is 1. The Balaban J connectivity index is 1.88. The fourth-order valence-corrected chi connectivity index (χ4v) is 2.84. The van der Waals surface area contributed by atoms with Gasteiger partial charge in [0.15, 0.2) is 5.96 Å². The molecule has 0 spiro atoms. The van der Waals surface area contributed by atoms with Gasteiger partial charge in [-0.3, -0.25) is 0 Å². The summed E-state index contributed by atoms with van der Waals surface area (Å²) >= 11 is 0. The Bertz CT molecular complexity index is 664. The fraction of sp³-hybridized carbons (Fsp3) is 0.524. The molecule has 2 N–H and O–H groups in total. The van der Waals surface area contributed by atoms with Crippen molar-refractivity contribution in [3.63, 3.8) is 0 Å². The molecule has 0 fully saturated rings. The van der Waals surface area contributed by atoms with Crippen LogP contribution in [0, 0.1) is 5.92 Å². The van der Waals surface area contributed by atoms with Crippen LogP contribution >= 0.6 is 0 Å². The molecular formula is C21H33N5O. The van der Waals surface area contributed by atoms with Crippen molar-refractivity contribution in [2.24, 2.45) is 10.9 Å². The van der Waals surface area contributed by atoms with Crippen LogP contribution in [0.4, 0.5) is 0 Å². The molecule has 0 amide bonds. The average Bonchev–Trinajstić information content (AvgIpc) is 3.20. The van der Waals surface area contributed by atoms with Gasteiger partial charge in [0.25, 0.3) is 0 Å². The third-order valence-corrected chi connectivity index (χ3v) is 4.31. The van der Waals surface area contributed by atoms with Crippen LogP contribution in [0.2, 0.25) is 0 Å². The van der Waals surface area contributed by atoms with E-state index >= 15 is 0 Å². The largest absolute Gasteiger partial charge is 0.378 e. The maximum Gasteiger partial charge on any atom is 0.191 e. The molecule has 0 bridgehead atoms. The first-order valence-electron chi connectivity index (χ1n) is 9.86. The Morgan fingerprint density at radius 2 is 1.96 bits per heavy atom. The van der Waals surface area contributed by atoms with Gasteiger partial charge in [0.05, 0.1) is 18.3 Å². The molecule has 0 aliphatic carbocycles. The Morgan fingerprint density at radius 3 is 2.56 bits per heavy atom. The summed E-state index contributed by atoms with van der Waals surface area (Å²) in [5, 5.41) is 11.0. The van der Waals surface area contributed by atoms with Crippen LogP contribution in [0.1, 0.15) is 39.7 Å². The van der Waals surface area contributed by atoms with Gasteiger partial charge in [-0.2, -0.15) is 5.10 Å². The number of hydrogen-bond donors (Lipinski definition) is 2. The Labute approximate surface area is 163 Å². The van der Waals surface area contributed by atoms with Gasteiger partial charge in [-0.25, -0.2) is 9.67 Å². The molecule has 6 heteroatoms. The molecule has 1 unspecified atom stereocenters. The molecule has 1 atom stereocenters. The van der Waals surface area contributed by atoms with E-state index in [1.807, 2.05) is 23.9 Å². The summed E-state index contributed by atoms with van der Waals surface area (Å²) < 4.78 is 7.66. The molecule has 0 aliphatic heterocycles. The molecule has 2 aromatic rings. The number of aromatic nitrogens is 2. The second-order valence-corrected chi connectivity index (χ2v) is 6.77. The lowest BCUT2D eigenvalue weighted by atomic mass is 10.0. The van der Waals surface area contributed by atoms with Crippen molar-refractivity contribution >= 4 is 5.96 Å². The predicted molar refractivity (Wildman–Crippen MR) is 111 cm³/mol. The third-order valence-electron chi connectivity index (χ3n) is 4.31. The van der Waals surface area contributed by atoms with Crippen LogP contribution in [0.3, 0.4) is 0 Å². The molecule has 0 saturated carbocycles. The first-order chi connectivity index (χ1) is 13.1. The second kappa shape index (κ2) is 11.4. The molecule has 1 aromatic carbocycles. The monoisotopic (exact) mass is 371 g/mol. The maximum absolute atomic E-state index is 5.81. The third kappa shape index (κ3) is 7.06. The first kappa shape index (κ1) is 21.0. The summed E-state index contributed by atoms with van der Waals surface area (Å²) in [7, 11) is 0. The van der Waals surface area contributed by atoms with Crippen molar-refractivity contribution in [2.75, 3.05) is 19.7 Å². The smallest absolute Gasteiger partial charge is 0.191 e. The molecular weight excluding hydrogens is 338 g/mol. The minimum atomic E-state index is 0.278. The van der Waals surface area contributed by atoms with Crippen LogP contribution in [-0.2, 0) is 11.3 Å². The summed E-state index contributed by atoms with van der Waals surface area (Å²) in [5.74, 6) is 1.35. The van der Waals surface area contributed by atoms with Crippen LogP contribution in [0.25, 0.3) is 5.69 Å². The van der Waals surface area contributed by atoms with E-state index in [4.69, 9.17) is 9.73 Å². The van der Waals surface area contributed by atoms with Crippen molar-refractivity contribution in [1.29, 1.82) is 0 Å². The second-order valence-electron chi connectivity index (χ2n) is 6.77. The molecule has 2 rings (SSSR count). The lowest BCUT2D eigenvalue weighted by Gasteiger charge is -2.21. The van der Waals surface area contributed by atoms with Crippen molar-refractivity contribution in [3.05, 3.63) is 48.3 Å². The number of ether oxygens (including phenoxy) is 1. The highest BCUT2D eigenvalue weighted by Gasteiger charge is 2.12. The molecule has 1 aromatic heterocycles. The van der Waals surface area contributed by atoms with Gasteiger partial charge in [0.1, 0.15) is 0 Å². The van der Waals surface area contributed by atoms with Crippen LogP contribution in [0.5, 0.6) is 0 Å². The lowest BCUT2D eigenvalue weighted by Crippen LogP contribution is -2.39. The molecule has 6 nitrogen and oxygen atoms in total. The summed E-state index contributed by atoms with van der Waals surface area (Å²) in [6.07, 6.45) is 4.96. The molecule has 0 aliphatic rings. The predicted octanol–water partition coefficient (Wildman–Crippen LogP) is 3.38. The number of hydrogen-bond acceptors (Lipinski definition) is 3. The van der Waals surface area contributed by atoms with E-state index in [0.717, 1.165) is 43.3 Å². The zero-order valence-corrected chi connectivity index (χ0v) is 17.0. The van der Waals surface area contributed by atoms with Crippen molar-refractivity contribution in [2.45, 2.75) is 46.8 Å². The van der Waals surface area contributed by atoms with Crippen molar-refractivity contribution in [1.82, 2.24) is 20.4 Å². The number of guanidine groups is 1. The van der Waals surface area contributed by atoms with Gasteiger partial charge >= 0.3 is 0 Å². The minimum Gasteiger partial charge on any atom is -0.378 e. The number of benzene rings is 1. The van der Waals surface area contributed by atoms with E-state index in [0.29, 0.717) is 12.5 Å². The van der Waals surface area contributed by atoms with Gasteiger partial charge in [-0.05, 0) is 49.9 Å². The van der Waals surface area contributed by atoms with E-state index in [1.165, 1.54) is 0 Å². The van der Waals surface area contributed by atoms with E-state index in [9.17, 15) is 0 Å². The van der Waals surface area contributed by atoms with Crippen molar-refractivity contribution in [3.8, 4) is 5.69 Å². The zero-order valence-electron chi connectivity index (χ0n) is 17.0. The average molecular weight is 372 g/mol. The molecule has 27 heavy (non-hydrogen) atoms. The van der Waals surface area contributed by atoms with Crippen LogP contribution in [0.15, 0.2) is 47.7 Å². The van der Waals surface area contributed by atoms with Crippen LogP contribution in [-0.4, -0.2) is 41.5 Å². The summed E-state index contributed by atoms with van der Waals surface area (Å²) in [5.41, 5.74) is 2.21. The first-order valence-corrected chi connectivity index (χ1v) is 9.86. The van der Waals surface area contributed by atoms with Gasteiger partial charge in [-0.15, -0.1) is 0 Å². The zero-order chi connectivity index (χ0) is 19.5. The molecule has 1 heterocycles. The maximum atomic E-state index is 5.81. The van der Waals surface area contributed by atoms with E-state index in [2.05, 4.69) is 60.8 Å². The minimum absolute atomic E-state index is 0.278. The Morgan fingerprint density at radius 1 is 1.19 bits per heavy atom. The van der Waals surface area contributed by atoms with Crippen LogP contribution < -0.4 is 10.6 Å². The highest BCUT2D eigenvalue weighted by Crippen LogP contribution is 2.11. The highest BCUT2D eigenvalue weighted by molar-refractivity contribution is 5.79. The molecule has 0 saturated heterocycles. The SMILES string of the molecule is CCNC(=NCc1ccc(-n2cccn2)cc1)NCCC(OCC)C(C)C. The van der Waals surface area contributed by atoms with Gasteiger partial charge in [-0.1, -0.05) is 26.0 Å². The normalized spacial score (nSPS) is 13.0. The van der Waals surface area contributed by atoms with Crippen molar-refractivity contribution < 1.29 is 4.74 Å². The summed E-state index contributed by atoms with van der Waals surface area (Å²) in [4.78, 5) is 4.69. The Kier molecular flexibility index (Phi) is 8.84. The highest BCUT2D eigenvalue weighted by atomic mass is 16.5.